The molecular weight excluding hydrogens is 597 g/mol. The fraction of sp³-hybridized carbons (Fsp3) is 0. The highest BCUT2D eigenvalue weighted by Gasteiger charge is 2.18. The lowest BCUT2D eigenvalue weighted by Gasteiger charge is -2.10. The minimum absolute atomic E-state index is 0.603. The molecule has 4 heterocycles. The second-order valence-corrected chi connectivity index (χ2v) is 12.2. The minimum Gasteiger partial charge on any atom is -0.246 e. The number of thiophene rings is 1. The van der Waals surface area contributed by atoms with E-state index in [-0.39, 0.29) is 0 Å². The van der Waals surface area contributed by atoms with E-state index in [1.165, 1.54) is 4.70 Å². The standard InChI is InChI=1S/C40H24N6S/c1-3-12-26(13-4-1)37-43-38(27-14-5-2-6-15-27)45-39(44-37)29-21-19-28(20-22-29)36-42-35(32-24-23-25-11-7-9-17-31(25)41-32)34-30-16-8-10-18-33(30)47-40(34)46-36/h1-24H. The van der Waals surface area contributed by atoms with Gasteiger partial charge in [-0.3, -0.25) is 0 Å². The van der Waals surface area contributed by atoms with Gasteiger partial charge in [-0.1, -0.05) is 127 Å². The highest BCUT2D eigenvalue weighted by atomic mass is 32.1. The van der Waals surface area contributed by atoms with Gasteiger partial charge in [-0.15, -0.1) is 11.3 Å². The molecule has 0 saturated carbocycles. The monoisotopic (exact) mass is 620 g/mol. The van der Waals surface area contributed by atoms with Crippen LogP contribution in [-0.2, 0) is 0 Å². The summed E-state index contributed by atoms with van der Waals surface area (Å²) in [4.78, 5) is 30.8. The minimum atomic E-state index is 0.603. The summed E-state index contributed by atoms with van der Waals surface area (Å²) in [5.74, 6) is 2.51. The van der Waals surface area contributed by atoms with Crippen molar-refractivity contribution in [1.82, 2.24) is 29.9 Å². The molecule has 6 nitrogen and oxygen atoms in total. The summed E-state index contributed by atoms with van der Waals surface area (Å²) in [6, 6.07) is 48.8. The van der Waals surface area contributed by atoms with Gasteiger partial charge in [0.05, 0.1) is 11.2 Å². The first kappa shape index (κ1) is 27.2. The second kappa shape index (κ2) is 11.3. The molecule has 0 amide bonds. The Morgan fingerprint density at radius 3 is 1.57 bits per heavy atom. The summed E-state index contributed by atoms with van der Waals surface area (Å²) in [5, 5.41) is 3.26. The van der Waals surface area contributed by atoms with E-state index in [2.05, 4.69) is 42.5 Å². The normalized spacial score (nSPS) is 11.4. The van der Waals surface area contributed by atoms with Crippen LogP contribution in [-0.4, -0.2) is 29.9 Å². The Labute approximate surface area is 274 Å². The molecule has 0 spiro atoms. The van der Waals surface area contributed by atoms with Crippen molar-refractivity contribution in [1.29, 1.82) is 0 Å². The van der Waals surface area contributed by atoms with Crippen LogP contribution in [0.15, 0.2) is 146 Å². The van der Waals surface area contributed by atoms with Crippen LogP contribution in [0.25, 0.3) is 88.1 Å². The van der Waals surface area contributed by atoms with E-state index in [4.69, 9.17) is 29.9 Å². The summed E-state index contributed by atoms with van der Waals surface area (Å²) in [7, 11) is 0. The summed E-state index contributed by atoms with van der Waals surface area (Å²) in [6.07, 6.45) is 0. The van der Waals surface area contributed by atoms with Gasteiger partial charge in [0.25, 0.3) is 0 Å². The van der Waals surface area contributed by atoms with E-state index in [1.54, 1.807) is 11.3 Å². The van der Waals surface area contributed by atoms with Gasteiger partial charge in [-0.2, -0.15) is 0 Å². The number of pyridine rings is 1. The number of aromatic nitrogens is 6. The maximum atomic E-state index is 5.17. The number of para-hydroxylation sites is 1. The van der Waals surface area contributed by atoms with E-state index < -0.39 is 0 Å². The smallest absolute Gasteiger partial charge is 0.164 e. The van der Waals surface area contributed by atoms with Crippen molar-refractivity contribution in [2.24, 2.45) is 0 Å². The van der Waals surface area contributed by atoms with E-state index in [9.17, 15) is 0 Å². The van der Waals surface area contributed by atoms with Crippen LogP contribution in [0, 0.1) is 0 Å². The number of fused-ring (bicyclic) bond motifs is 4. The lowest BCUT2D eigenvalue weighted by atomic mass is 10.1. The number of benzene rings is 5. The molecule has 9 rings (SSSR count). The zero-order chi connectivity index (χ0) is 31.2. The third-order valence-corrected chi connectivity index (χ3v) is 9.25. The summed E-state index contributed by atoms with van der Waals surface area (Å²) in [6.45, 7) is 0. The summed E-state index contributed by atoms with van der Waals surface area (Å²) >= 11 is 1.68. The molecule has 0 saturated heterocycles. The van der Waals surface area contributed by atoms with Gasteiger partial charge < -0.3 is 0 Å². The van der Waals surface area contributed by atoms with Crippen LogP contribution in [0.1, 0.15) is 0 Å². The van der Waals surface area contributed by atoms with Crippen molar-refractivity contribution >= 4 is 42.5 Å². The predicted octanol–water partition coefficient (Wildman–Crippen LogP) is 9.91. The topological polar surface area (TPSA) is 77.3 Å². The molecule has 0 N–H and O–H groups in total. The average Bonchev–Trinajstić information content (AvgIpc) is 3.53. The van der Waals surface area contributed by atoms with Crippen molar-refractivity contribution in [3.8, 4) is 56.9 Å². The Bertz CT molecular complexity index is 2510. The number of nitrogens with zero attached hydrogens (tertiary/aromatic N) is 6. The highest BCUT2D eigenvalue weighted by molar-refractivity contribution is 7.25. The fourth-order valence-corrected chi connectivity index (χ4v) is 6.92. The maximum Gasteiger partial charge on any atom is 0.164 e. The molecule has 47 heavy (non-hydrogen) atoms. The van der Waals surface area contributed by atoms with E-state index in [0.717, 1.165) is 60.1 Å². The van der Waals surface area contributed by atoms with Crippen molar-refractivity contribution in [3.05, 3.63) is 146 Å². The first-order chi connectivity index (χ1) is 23.3. The summed E-state index contributed by atoms with van der Waals surface area (Å²) in [5.41, 5.74) is 6.24. The Kier molecular flexibility index (Phi) is 6.54. The van der Waals surface area contributed by atoms with Crippen molar-refractivity contribution in [2.45, 2.75) is 0 Å². The average molecular weight is 621 g/mol. The van der Waals surface area contributed by atoms with Gasteiger partial charge in [0.2, 0.25) is 0 Å². The molecule has 4 aromatic heterocycles. The molecule has 220 valence electrons. The molecule has 0 unspecified atom stereocenters. The van der Waals surface area contributed by atoms with E-state index in [1.807, 2.05) is 103 Å². The third-order valence-electron chi connectivity index (χ3n) is 8.18. The molecule has 0 radical (unpaired) electrons. The van der Waals surface area contributed by atoms with E-state index in [0.29, 0.717) is 23.3 Å². The Morgan fingerprint density at radius 1 is 0.383 bits per heavy atom. The Balaban J connectivity index is 1.17. The quantitative estimate of drug-likeness (QED) is 0.191. The first-order valence-corrected chi connectivity index (χ1v) is 16.1. The van der Waals surface area contributed by atoms with Gasteiger partial charge >= 0.3 is 0 Å². The van der Waals surface area contributed by atoms with Gasteiger partial charge in [-0.25, -0.2) is 29.9 Å². The molecular formula is C40H24N6S. The number of rotatable bonds is 5. The van der Waals surface area contributed by atoms with Crippen LogP contribution >= 0.6 is 11.3 Å². The molecule has 9 aromatic rings. The number of hydrogen-bond donors (Lipinski definition) is 0. The van der Waals surface area contributed by atoms with E-state index >= 15 is 0 Å². The van der Waals surface area contributed by atoms with Gasteiger partial charge in [0.15, 0.2) is 23.3 Å². The molecule has 5 aromatic carbocycles. The van der Waals surface area contributed by atoms with Crippen molar-refractivity contribution in [2.75, 3.05) is 0 Å². The molecule has 0 aliphatic rings. The molecule has 0 bridgehead atoms. The molecule has 0 atom stereocenters. The lowest BCUT2D eigenvalue weighted by Crippen LogP contribution is -2.00. The van der Waals surface area contributed by atoms with Gasteiger partial charge in [0.1, 0.15) is 10.5 Å². The SMILES string of the molecule is c1ccc(-c2nc(-c3ccccc3)nc(-c3ccc(-c4nc(-c5ccc6ccccc6n5)c5c(n4)sc4ccccc45)cc3)n2)cc1. The Morgan fingerprint density at radius 2 is 0.915 bits per heavy atom. The van der Waals surface area contributed by atoms with Crippen LogP contribution in [0.5, 0.6) is 0 Å². The van der Waals surface area contributed by atoms with Crippen molar-refractivity contribution < 1.29 is 0 Å². The second-order valence-electron chi connectivity index (χ2n) is 11.2. The van der Waals surface area contributed by atoms with Crippen LogP contribution < -0.4 is 0 Å². The zero-order valence-electron chi connectivity index (χ0n) is 24.9. The first-order valence-electron chi connectivity index (χ1n) is 15.3. The lowest BCUT2D eigenvalue weighted by molar-refractivity contribution is 1.07. The Hall–Kier alpha value is -6.18. The maximum absolute atomic E-state index is 5.17. The van der Waals surface area contributed by atoms with Gasteiger partial charge in [0, 0.05) is 43.1 Å². The largest absolute Gasteiger partial charge is 0.246 e. The highest BCUT2D eigenvalue weighted by Crippen LogP contribution is 2.39. The summed E-state index contributed by atoms with van der Waals surface area (Å²) < 4.78 is 1.17. The molecule has 0 aliphatic heterocycles. The van der Waals surface area contributed by atoms with Crippen LogP contribution in [0.2, 0.25) is 0 Å². The van der Waals surface area contributed by atoms with Gasteiger partial charge in [-0.05, 0) is 18.2 Å². The molecule has 0 fully saturated rings. The third kappa shape index (κ3) is 4.99. The molecule has 7 heteroatoms. The number of hydrogen-bond acceptors (Lipinski definition) is 7. The van der Waals surface area contributed by atoms with Crippen LogP contribution in [0.4, 0.5) is 0 Å². The zero-order valence-corrected chi connectivity index (χ0v) is 25.8. The molecule has 0 aliphatic carbocycles. The fourth-order valence-electron chi connectivity index (χ4n) is 5.84. The van der Waals surface area contributed by atoms with Crippen molar-refractivity contribution in [3.63, 3.8) is 0 Å². The van der Waals surface area contributed by atoms with Crippen LogP contribution in [0.3, 0.4) is 0 Å². The predicted molar refractivity (Wildman–Crippen MR) is 191 cm³/mol.